The van der Waals surface area contributed by atoms with E-state index in [1.165, 1.54) is 36.5 Å². The van der Waals surface area contributed by atoms with Crippen molar-refractivity contribution in [2.75, 3.05) is 0 Å². The molecule has 0 fully saturated rings. The second kappa shape index (κ2) is 5.00. The van der Waals surface area contributed by atoms with Crippen LogP contribution in [0.1, 0.15) is 29.7 Å². The first-order valence-electron chi connectivity index (χ1n) is 6.14. The highest BCUT2D eigenvalue weighted by molar-refractivity contribution is 7.99. The topological polar surface area (TPSA) is 104 Å². The molecule has 4 N–H and O–H groups in total. The molecule has 0 bridgehead atoms. The van der Waals surface area contributed by atoms with Gasteiger partial charge >= 0.3 is 0 Å². The largest absolute Gasteiger partial charge is 0.384 e. The zero-order valence-electron chi connectivity index (χ0n) is 10.3. The molecule has 2 heterocycles. The van der Waals surface area contributed by atoms with Gasteiger partial charge in [0, 0.05) is 11.3 Å². The lowest BCUT2D eigenvalue weighted by Crippen LogP contribution is -2.16. The van der Waals surface area contributed by atoms with E-state index in [9.17, 15) is 0 Å². The van der Waals surface area contributed by atoms with Crippen LogP contribution in [0.5, 0.6) is 0 Å². The van der Waals surface area contributed by atoms with Crippen LogP contribution in [0.2, 0.25) is 0 Å². The first kappa shape index (κ1) is 12.2. The number of rotatable bonds is 3. The Morgan fingerprint density at radius 1 is 1.37 bits per heavy atom. The van der Waals surface area contributed by atoms with Crippen molar-refractivity contribution in [1.82, 2.24) is 20.2 Å². The van der Waals surface area contributed by atoms with E-state index in [0.29, 0.717) is 10.7 Å². The van der Waals surface area contributed by atoms with Gasteiger partial charge in [-0.25, -0.2) is 9.97 Å². The predicted molar refractivity (Wildman–Crippen MR) is 72.4 cm³/mol. The maximum absolute atomic E-state index is 7.70. The van der Waals surface area contributed by atoms with E-state index >= 15 is 0 Å². The maximum atomic E-state index is 7.70. The van der Waals surface area contributed by atoms with Crippen LogP contribution < -0.4 is 5.73 Å². The molecule has 0 aromatic carbocycles. The van der Waals surface area contributed by atoms with E-state index < -0.39 is 0 Å². The number of nitrogens with zero attached hydrogens (tertiary/aromatic N) is 3. The molecule has 98 valence electrons. The predicted octanol–water partition coefficient (Wildman–Crippen LogP) is 1.51. The van der Waals surface area contributed by atoms with Crippen LogP contribution in [0.15, 0.2) is 22.6 Å². The van der Waals surface area contributed by atoms with Crippen molar-refractivity contribution >= 4 is 17.6 Å². The lowest BCUT2D eigenvalue weighted by molar-refractivity contribution is 0.660. The molecule has 0 unspecified atom stereocenters. The average molecular weight is 274 g/mol. The number of amidine groups is 1. The number of nitrogen functional groups attached to an aromatic ring is 1. The van der Waals surface area contributed by atoms with E-state index in [1.807, 2.05) is 6.07 Å². The highest BCUT2D eigenvalue weighted by Crippen LogP contribution is 2.30. The fraction of sp³-hybridized carbons (Fsp3) is 0.333. The van der Waals surface area contributed by atoms with Crippen molar-refractivity contribution in [3.63, 3.8) is 0 Å². The second-order valence-corrected chi connectivity index (χ2v) is 5.44. The van der Waals surface area contributed by atoms with Crippen LogP contribution in [0.3, 0.4) is 0 Å². The average Bonchev–Trinajstić information content (AvgIpc) is 2.90. The molecule has 7 heteroatoms. The molecule has 0 radical (unpaired) electrons. The summed E-state index contributed by atoms with van der Waals surface area (Å²) in [5.41, 5.74) is 8.69. The highest BCUT2D eigenvalue weighted by atomic mass is 32.2. The minimum Gasteiger partial charge on any atom is -0.384 e. The van der Waals surface area contributed by atoms with E-state index in [1.54, 1.807) is 0 Å². The molecular weight excluding hydrogens is 260 g/mol. The fourth-order valence-electron chi connectivity index (χ4n) is 2.22. The normalized spacial score (nSPS) is 14.1. The summed E-state index contributed by atoms with van der Waals surface area (Å²) in [6.07, 6.45) is 5.83. The van der Waals surface area contributed by atoms with Crippen molar-refractivity contribution in [3.05, 3.63) is 29.2 Å². The van der Waals surface area contributed by atoms with Gasteiger partial charge in [0.15, 0.2) is 5.16 Å². The fourth-order valence-corrected chi connectivity index (χ4v) is 3.04. The van der Waals surface area contributed by atoms with Gasteiger partial charge in [-0.2, -0.15) is 5.10 Å². The summed E-state index contributed by atoms with van der Waals surface area (Å²) >= 11 is 1.36. The molecule has 0 atom stereocenters. The minimum atomic E-state index is 0.0443. The molecular formula is C12H14N6S. The molecule has 2 aromatic rings. The Hall–Kier alpha value is -1.89. The van der Waals surface area contributed by atoms with E-state index in [4.69, 9.17) is 11.1 Å². The zero-order chi connectivity index (χ0) is 13.2. The van der Waals surface area contributed by atoms with E-state index in [0.717, 1.165) is 23.6 Å². The van der Waals surface area contributed by atoms with Gasteiger partial charge in [0.25, 0.3) is 0 Å². The molecule has 19 heavy (non-hydrogen) atoms. The number of aryl methyl sites for hydroxylation is 2. The van der Waals surface area contributed by atoms with Crippen LogP contribution in [-0.4, -0.2) is 26.0 Å². The molecule has 2 aromatic heterocycles. The second-order valence-electron chi connectivity index (χ2n) is 4.46. The molecule has 0 saturated carbocycles. The third-order valence-corrected chi connectivity index (χ3v) is 4.04. The Morgan fingerprint density at radius 3 is 2.95 bits per heavy atom. The number of fused-ring (bicyclic) bond motifs is 1. The first-order chi connectivity index (χ1) is 9.24. The van der Waals surface area contributed by atoms with Crippen LogP contribution in [0.4, 0.5) is 0 Å². The van der Waals surface area contributed by atoms with Crippen molar-refractivity contribution in [3.8, 4) is 0 Å². The van der Waals surface area contributed by atoms with Gasteiger partial charge < -0.3 is 5.73 Å². The van der Waals surface area contributed by atoms with Crippen molar-refractivity contribution in [1.29, 1.82) is 5.41 Å². The standard InChI is InChI=1S/C12H14N6S/c13-10(14)8-5-7-3-1-2-4-9(7)17-11(8)19-12-15-6-16-18-12/h5-6H,1-4H2,(H3,13,14)(H,15,16,18). The maximum Gasteiger partial charge on any atom is 0.189 e. The smallest absolute Gasteiger partial charge is 0.189 e. The third-order valence-electron chi connectivity index (χ3n) is 3.14. The molecule has 0 saturated heterocycles. The Bertz CT molecular complexity index is 607. The van der Waals surface area contributed by atoms with Gasteiger partial charge in [-0.15, -0.1) is 0 Å². The number of aromatic nitrogens is 4. The molecule has 1 aliphatic carbocycles. The van der Waals surface area contributed by atoms with Gasteiger partial charge in [-0.1, -0.05) is 0 Å². The summed E-state index contributed by atoms with van der Waals surface area (Å²) in [7, 11) is 0. The summed E-state index contributed by atoms with van der Waals surface area (Å²) in [5, 5.41) is 15.7. The number of pyridine rings is 1. The number of aromatic amines is 1. The van der Waals surface area contributed by atoms with Gasteiger partial charge in [0.2, 0.25) is 0 Å². The Kier molecular flexibility index (Phi) is 3.20. The SMILES string of the molecule is N=C(N)c1cc2c(nc1Sc1ncn[nH]1)CCCC2. The molecule has 0 spiro atoms. The lowest BCUT2D eigenvalue weighted by atomic mass is 9.95. The monoisotopic (exact) mass is 274 g/mol. The summed E-state index contributed by atoms with van der Waals surface area (Å²) in [6, 6.07) is 2.00. The lowest BCUT2D eigenvalue weighted by Gasteiger charge is -2.17. The summed E-state index contributed by atoms with van der Waals surface area (Å²) < 4.78 is 0. The van der Waals surface area contributed by atoms with Crippen molar-refractivity contribution in [2.24, 2.45) is 5.73 Å². The van der Waals surface area contributed by atoms with E-state index in [2.05, 4.69) is 20.2 Å². The van der Waals surface area contributed by atoms with Gasteiger partial charge in [-0.3, -0.25) is 10.5 Å². The number of hydrogen-bond donors (Lipinski definition) is 3. The number of hydrogen-bond acceptors (Lipinski definition) is 5. The van der Waals surface area contributed by atoms with Gasteiger partial charge in [0.1, 0.15) is 17.2 Å². The van der Waals surface area contributed by atoms with Crippen molar-refractivity contribution < 1.29 is 0 Å². The molecule has 0 aliphatic heterocycles. The van der Waals surface area contributed by atoms with Crippen LogP contribution in [0, 0.1) is 5.41 Å². The highest BCUT2D eigenvalue weighted by Gasteiger charge is 2.17. The molecule has 6 nitrogen and oxygen atoms in total. The number of nitrogens with two attached hydrogens (primary N) is 1. The third kappa shape index (κ3) is 2.46. The first-order valence-corrected chi connectivity index (χ1v) is 6.96. The van der Waals surface area contributed by atoms with Crippen LogP contribution in [0.25, 0.3) is 0 Å². The van der Waals surface area contributed by atoms with Gasteiger partial charge in [0.05, 0.1) is 0 Å². The van der Waals surface area contributed by atoms with Gasteiger partial charge in [-0.05, 0) is 49.1 Å². The number of H-pyrrole nitrogens is 1. The molecule has 0 amide bonds. The summed E-state index contributed by atoms with van der Waals surface area (Å²) in [6.45, 7) is 0. The van der Waals surface area contributed by atoms with Crippen LogP contribution in [-0.2, 0) is 12.8 Å². The summed E-state index contributed by atoms with van der Waals surface area (Å²) in [5.74, 6) is 0.0443. The quantitative estimate of drug-likeness (QED) is 0.581. The minimum absolute atomic E-state index is 0.0443. The Balaban J connectivity index is 2.03. The van der Waals surface area contributed by atoms with E-state index in [-0.39, 0.29) is 5.84 Å². The Morgan fingerprint density at radius 2 is 2.21 bits per heavy atom. The molecule has 3 rings (SSSR count). The molecule has 1 aliphatic rings. The van der Waals surface area contributed by atoms with Crippen LogP contribution >= 0.6 is 11.8 Å². The summed E-state index contributed by atoms with van der Waals surface area (Å²) in [4.78, 5) is 8.73. The van der Waals surface area contributed by atoms with Crippen molar-refractivity contribution in [2.45, 2.75) is 35.9 Å². The zero-order valence-corrected chi connectivity index (χ0v) is 11.1. The number of nitrogens with one attached hydrogen (secondary N) is 2. The Labute approximate surface area is 114 Å².